The Bertz CT molecular complexity index is 886. The Morgan fingerprint density at radius 1 is 0.958 bits per heavy atom. The first kappa shape index (κ1) is 17.6. The van der Waals surface area contributed by atoms with Crippen LogP contribution < -0.4 is 4.72 Å². The normalized spacial score (nSPS) is 11.8. The molecule has 0 spiro atoms. The quantitative estimate of drug-likeness (QED) is 0.663. The average molecular weight is 344 g/mol. The summed E-state index contributed by atoms with van der Waals surface area (Å²) in [6.45, 7) is 3.08. The van der Waals surface area contributed by atoms with Gasteiger partial charge in [0.05, 0.1) is 4.90 Å². The molecule has 1 aromatic carbocycles. The third kappa shape index (κ3) is 4.36. The van der Waals surface area contributed by atoms with Crippen LogP contribution in [-0.2, 0) is 14.8 Å². The van der Waals surface area contributed by atoms with Crippen molar-refractivity contribution in [3.05, 3.63) is 66.0 Å². The first-order chi connectivity index (χ1) is 11.3. The van der Waals surface area contributed by atoms with Gasteiger partial charge in [-0.05, 0) is 49.2 Å². The number of aromatic nitrogens is 1. The van der Waals surface area contributed by atoms with E-state index in [-0.39, 0.29) is 10.7 Å². The number of Topliss-reactive ketones (excluding diaryl/α,β-unsaturated/α-hetero) is 1. The van der Waals surface area contributed by atoms with E-state index in [1.54, 1.807) is 31.5 Å². The summed E-state index contributed by atoms with van der Waals surface area (Å²) in [6.07, 6.45) is 4.37. The fraction of sp³-hybridized carbons (Fsp3) is 0.118. The van der Waals surface area contributed by atoms with Gasteiger partial charge in [-0.3, -0.25) is 14.6 Å². The highest BCUT2D eigenvalue weighted by Gasteiger charge is 2.17. The number of nitrogens with zero attached hydrogens (tertiary/aromatic N) is 1. The molecule has 1 aromatic heterocycles. The lowest BCUT2D eigenvalue weighted by Gasteiger charge is -2.06. The zero-order valence-corrected chi connectivity index (χ0v) is 14.0. The summed E-state index contributed by atoms with van der Waals surface area (Å²) in [6, 6.07) is 8.80. The molecule has 0 saturated heterocycles. The Hall–Kier alpha value is -2.80. The predicted octanol–water partition coefficient (Wildman–Crippen LogP) is 2.19. The van der Waals surface area contributed by atoms with Crippen LogP contribution >= 0.6 is 0 Å². The minimum atomic E-state index is -4.00. The smallest absolute Gasteiger partial charge is 0.264 e. The maximum absolute atomic E-state index is 12.2. The van der Waals surface area contributed by atoms with Gasteiger partial charge in [0.2, 0.25) is 0 Å². The molecule has 1 amide bonds. The van der Waals surface area contributed by atoms with E-state index < -0.39 is 15.9 Å². The van der Waals surface area contributed by atoms with Gasteiger partial charge >= 0.3 is 0 Å². The lowest BCUT2D eigenvalue weighted by atomic mass is 10.1. The van der Waals surface area contributed by atoms with Crippen LogP contribution in [-0.4, -0.2) is 25.1 Å². The summed E-state index contributed by atoms with van der Waals surface area (Å²) < 4.78 is 26.3. The van der Waals surface area contributed by atoms with Gasteiger partial charge in [-0.1, -0.05) is 12.1 Å². The molecule has 0 aliphatic carbocycles. The van der Waals surface area contributed by atoms with Gasteiger partial charge in [-0.15, -0.1) is 0 Å². The highest BCUT2D eigenvalue weighted by molar-refractivity contribution is 7.90. The zero-order valence-electron chi connectivity index (χ0n) is 13.2. The standard InChI is InChI=1S/C17H16N2O4S/c1-12(14-7-9-18-10-8-14)11-17(21)19-24(22,23)16-5-3-15(4-6-16)13(2)20/h3-11H,1-2H3,(H,19,21)/b12-11-. The van der Waals surface area contributed by atoms with Gasteiger partial charge in [0.15, 0.2) is 5.78 Å². The highest BCUT2D eigenvalue weighted by atomic mass is 32.2. The predicted molar refractivity (Wildman–Crippen MR) is 89.7 cm³/mol. The number of hydrogen-bond acceptors (Lipinski definition) is 5. The summed E-state index contributed by atoms with van der Waals surface area (Å²) in [5.41, 5.74) is 1.77. The van der Waals surface area contributed by atoms with Crippen LogP contribution in [0.1, 0.15) is 29.8 Å². The van der Waals surface area contributed by atoms with E-state index in [1.165, 1.54) is 37.3 Å². The van der Waals surface area contributed by atoms with Crippen molar-refractivity contribution < 1.29 is 18.0 Å². The number of benzene rings is 1. The molecule has 0 bridgehead atoms. The molecule has 0 radical (unpaired) electrons. The van der Waals surface area contributed by atoms with Crippen LogP contribution in [0.2, 0.25) is 0 Å². The lowest BCUT2D eigenvalue weighted by molar-refractivity contribution is -0.114. The fourth-order valence-electron chi connectivity index (χ4n) is 1.98. The summed E-state index contributed by atoms with van der Waals surface area (Å²) >= 11 is 0. The van der Waals surface area contributed by atoms with E-state index in [0.717, 1.165) is 5.56 Å². The molecule has 24 heavy (non-hydrogen) atoms. The summed E-state index contributed by atoms with van der Waals surface area (Å²) in [5, 5.41) is 0. The lowest BCUT2D eigenvalue weighted by Crippen LogP contribution is -2.29. The second-order valence-corrected chi connectivity index (χ2v) is 6.80. The monoisotopic (exact) mass is 344 g/mol. The average Bonchev–Trinajstić information content (AvgIpc) is 2.55. The molecule has 7 heteroatoms. The molecule has 124 valence electrons. The van der Waals surface area contributed by atoms with Crippen LogP contribution in [0.15, 0.2) is 59.8 Å². The van der Waals surface area contributed by atoms with Crippen molar-refractivity contribution in [3.63, 3.8) is 0 Å². The molecular formula is C17H16N2O4S. The summed E-state index contributed by atoms with van der Waals surface area (Å²) in [4.78, 5) is 27.0. The van der Waals surface area contributed by atoms with Crippen LogP contribution in [0.5, 0.6) is 0 Å². The first-order valence-electron chi connectivity index (χ1n) is 7.06. The van der Waals surface area contributed by atoms with Gasteiger partial charge < -0.3 is 0 Å². The molecule has 0 aliphatic heterocycles. The number of carbonyl (C=O) groups is 2. The maximum Gasteiger partial charge on any atom is 0.264 e. The molecule has 1 N–H and O–H groups in total. The number of rotatable bonds is 5. The van der Waals surface area contributed by atoms with E-state index in [1.807, 2.05) is 4.72 Å². The second kappa shape index (κ2) is 7.18. The number of pyridine rings is 1. The molecule has 0 saturated carbocycles. The third-order valence-corrected chi connectivity index (χ3v) is 4.65. The molecule has 0 atom stereocenters. The maximum atomic E-state index is 12.2. The molecule has 0 fully saturated rings. The third-order valence-electron chi connectivity index (χ3n) is 3.29. The molecule has 2 rings (SSSR count). The van der Waals surface area contributed by atoms with E-state index in [4.69, 9.17) is 0 Å². The van der Waals surface area contributed by atoms with E-state index >= 15 is 0 Å². The number of amides is 1. The van der Waals surface area contributed by atoms with Gasteiger partial charge in [-0.25, -0.2) is 13.1 Å². The van der Waals surface area contributed by atoms with Gasteiger partial charge in [0, 0.05) is 24.0 Å². The van der Waals surface area contributed by atoms with Crippen LogP contribution in [0.25, 0.3) is 5.57 Å². The van der Waals surface area contributed by atoms with Crippen LogP contribution in [0, 0.1) is 0 Å². The number of sulfonamides is 1. The van der Waals surface area contributed by atoms with E-state index in [2.05, 4.69) is 4.98 Å². The van der Waals surface area contributed by atoms with E-state index in [9.17, 15) is 18.0 Å². The molecular weight excluding hydrogens is 328 g/mol. The number of nitrogens with one attached hydrogen (secondary N) is 1. The molecule has 0 aliphatic rings. The molecule has 2 aromatic rings. The van der Waals surface area contributed by atoms with Crippen molar-refractivity contribution in [3.8, 4) is 0 Å². The SMILES string of the molecule is CC(=O)c1ccc(S(=O)(=O)NC(=O)/C=C(/C)c2ccncc2)cc1. The molecule has 1 heterocycles. The van der Waals surface area contributed by atoms with Crippen LogP contribution in [0.3, 0.4) is 0 Å². The number of carbonyl (C=O) groups excluding carboxylic acids is 2. The number of allylic oxidation sites excluding steroid dienone is 1. The van der Waals surface area contributed by atoms with Gasteiger partial charge in [0.25, 0.3) is 15.9 Å². The molecule has 6 nitrogen and oxygen atoms in total. The van der Waals surface area contributed by atoms with Gasteiger partial charge in [0.1, 0.15) is 0 Å². The Labute approximate surface area is 140 Å². The van der Waals surface area contributed by atoms with E-state index in [0.29, 0.717) is 11.1 Å². The molecule has 0 unspecified atom stereocenters. The highest BCUT2D eigenvalue weighted by Crippen LogP contribution is 2.13. The first-order valence-corrected chi connectivity index (χ1v) is 8.54. The Morgan fingerprint density at radius 2 is 1.54 bits per heavy atom. The Balaban J connectivity index is 2.16. The number of ketones is 1. The Kier molecular flexibility index (Phi) is 5.25. The van der Waals surface area contributed by atoms with Crippen molar-refractivity contribution in [2.45, 2.75) is 18.7 Å². The minimum Gasteiger partial charge on any atom is -0.295 e. The largest absolute Gasteiger partial charge is 0.295 e. The summed E-state index contributed by atoms with van der Waals surface area (Å²) in [5.74, 6) is -0.918. The van der Waals surface area contributed by atoms with Crippen molar-refractivity contribution in [2.24, 2.45) is 0 Å². The van der Waals surface area contributed by atoms with Crippen molar-refractivity contribution in [2.75, 3.05) is 0 Å². The van der Waals surface area contributed by atoms with Crippen molar-refractivity contribution >= 4 is 27.3 Å². The van der Waals surface area contributed by atoms with Crippen molar-refractivity contribution in [1.29, 1.82) is 0 Å². The topological polar surface area (TPSA) is 93.2 Å². The van der Waals surface area contributed by atoms with Gasteiger partial charge in [-0.2, -0.15) is 0 Å². The summed E-state index contributed by atoms with van der Waals surface area (Å²) in [7, 11) is -4.00. The zero-order chi connectivity index (χ0) is 17.7. The fourth-order valence-corrected chi connectivity index (χ4v) is 2.92. The number of hydrogen-bond donors (Lipinski definition) is 1. The van der Waals surface area contributed by atoms with Crippen molar-refractivity contribution in [1.82, 2.24) is 9.71 Å². The van der Waals surface area contributed by atoms with Crippen LogP contribution in [0.4, 0.5) is 0 Å². The second-order valence-electron chi connectivity index (χ2n) is 5.11. The Morgan fingerprint density at radius 3 is 2.08 bits per heavy atom. The minimum absolute atomic E-state index is 0.0872.